The standard InChI is InChI=1S/C12H13ClIN3O/c1-2-17-12(15-7-16-17)6-11(18)9-5-8(13)3-4-10(9)14/h3-5,7,11,18H,2,6H2,1H3. The minimum absolute atomic E-state index is 0.435. The van der Waals surface area contributed by atoms with Crippen molar-refractivity contribution in [2.75, 3.05) is 0 Å². The Morgan fingerprint density at radius 3 is 3.00 bits per heavy atom. The quantitative estimate of drug-likeness (QED) is 0.834. The number of hydrogen-bond donors (Lipinski definition) is 1. The lowest BCUT2D eigenvalue weighted by atomic mass is 10.1. The molecule has 1 aromatic carbocycles. The van der Waals surface area contributed by atoms with Crippen LogP contribution in [0.4, 0.5) is 0 Å². The topological polar surface area (TPSA) is 50.9 Å². The molecule has 0 radical (unpaired) electrons. The zero-order valence-corrected chi connectivity index (χ0v) is 12.8. The average molecular weight is 378 g/mol. The normalized spacial score (nSPS) is 12.7. The number of halogens is 2. The summed E-state index contributed by atoms with van der Waals surface area (Å²) in [6, 6.07) is 5.50. The molecule has 2 aromatic rings. The van der Waals surface area contributed by atoms with E-state index in [0.717, 1.165) is 21.5 Å². The second-order valence-corrected chi connectivity index (χ2v) is 5.48. The van der Waals surface area contributed by atoms with Gasteiger partial charge in [0.05, 0.1) is 6.10 Å². The van der Waals surface area contributed by atoms with Gasteiger partial charge in [0.25, 0.3) is 0 Å². The molecule has 0 amide bonds. The summed E-state index contributed by atoms with van der Waals surface area (Å²) in [5.41, 5.74) is 0.828. The molecule has 1 atom stereocenters. The Bertz CT molecular complexity index is 544. The Morgan fingerprint density at radius 2 is 2.28 bits per heavy atom. The van der Waals surface area contributed by atoms with Gasteiger partial charge in [0.15, 0.2) is 0 Å². The summed E-state index contributed by atoms with van der Waals surface area (Å²) in [5, 5.41) is 15.0. The van der Waals surface area contributed by atoms with E-state index in [1.165, 1.54) is 6.33 Å². The van der Waals surface area contributed by atoms with Crippen molar-refractivity contribution in [2.24, 2.45) is 0 Å². The molecule has 0 bridgehead atoms. The molecule has 0 fully saturated rings. The maximum absolute atomic E-state index is 10.3. The largest absolute Gasteiger partial charge is 0.388 e. The summed E-state index contributed by atoms with van der Waals surface area (Å²) in [5.74, 6) is 0.778. The van der Waals surface area contributed by atoms with E-state index in [-0.39, 0.29) is 0 Å². The van der Waals surface area contributed by atoms with Crippen LogP contribution in [0, 0.1) is 3.57 Å². The van der Waals surface area contributed by atoms with Crippen molar-refractivity contribution in [3.63, 3.8) is 0 Å². The lowest BCUT2D eigenvalue weighted by Crippen LogP contribution is -2.10. The molecule has 2 rings (SSSR count). The Kier molecular flexibility index (Phi) is 4.58. The van der Waals surface area contributed by atoms with Gasteiger partial charge in [-0.2, -0.15) is 5.10 Å². The van der Waals surface area contributed by atoms with Crippen molar-refractivity contribution in [2.45, 2.75) is 26.0 Å². The third-order valence-electron chi connectivity index (χ3n) is 2.69. The van der Waals surface area contributed by atoms with Crippen molar-refractivity contribution in [1.82, 2.24) is 14.8 Å². The number of aryl methyl sites for hydroxylation is 1. The summed E-state index contributed by atoms with van der Waals surface area (Å²) < 4.78 is 2.77. The zero-order chi connectivity index (χ0) is 13.1. The molecule has 0 saturated heterocycles. The van der Waals surface area contributed by atoms with Gasteiger partial charge in [-0.05, 0) is 53.3 Å². The number of benzene rings is 1. The van der Waals surface area contributed by atoms with Crippen LogP contribution in [-0.4, -0.2) is 19.9 Å². The number of nitrogens with zero attached hydrogens (tertiary/aromatic N) is 3. The van der Waals surface area contributed by atoms with Gasteiger partial charge in [0.2, 0.25) is 0 Å². The summed E-state index contributed by atoms with van der Waals surface area (Å²) in [7, 11) is 0. The van der Waals surface area contributed by atoms with Crippen LogP contribution in [0.2, 0.25) is 5.02 Å². The zero-order valence-electron chi connectivity index (χ0n) is 9.85. The first-order chi connectivity index (χ1) is 8.61. The molecule has 0 spiro atoms. The molecule has 1 unspecified atom stereocenters. The van der Waals surface area contributed by atoms with Crippen molar-refractivity contribution in [1.29, 1.82) is 0 Å². The smallest absolute Gasteiger partial charge is 0.138 e. The van der Waals surface area contributed by atoms with Gasteiger partial charge in [-0.15, -0.1) is 0 Å². The molecule has 0 saturated carbocycles. The number of hydrogen-bond acceptors (Lipinski definition) is 3. The fourth-order valence-corrected chi connectivity index (χ4v) is 2.64. The van der Waals surface area contributed by atoms with E-state index < -0.39 is 6.10 Å². The average Bonchev–Trinajstić information content (AvgIpc) is 2.79. The van der Waals surface area contributed by atoms with E-state index >= 15 is 0 Å². The van der Waals surface area contributed by atoms with Crippen LogP contribution >= 0.6 is 34.2 Å². The summed E-state index contributed by atoms with van der Waals surface area (Å²) in [4.78, 5) is 4.16. The second kappa shape index (κ2) is 5.99. The van der Waals surface area contributed by atoms with E-state index in [1.807, 2.05) is 19.1 Å². The van der Waals surface area contributed by atoms with Gasteiger partial charge in [-0.25, -0.2) is 4.98 Å². The van der Waals surface area contributed by atoms with Gasteiger partial charge >= 0.3 is 0 Å². The van der Waals surface area contributed by atoms with E-state index in [1.54, 1.807) is 10.7 Å². The summed E-state index contributed by atoms with van der Waals surface area (Å²) in [6.07, 6.45) is 1.32. The highest BCUT2D eigenvalue weighted by Crippen LogP contribution is 2.25. The van der Waals surface area contributed by atoms with Crippen molar-refractivity contribution in [3.8, 4) is 0 Å². The van der Waals surface area contributed by atoms with Gasteiger partial charge in [0, 0.05) is 21.6 Å². The first-order valence-corrected chi connectivity index (χ1v) is 7.07. The van der Waals surface area contributed by atoms with Gasteiger partial charge in [0.1, 0.15) is 12.2 Å². The molecule has 1 N–H and O–H groups in total. The van der Waals surface area contributed by atoms with Crippen LogP contribution in [0.5, 0.6) is 0 Å². The fourth-order valence-electron chi connectivity index (χ4n) is 1.76. The van der Waals surface area contributed by atoms with Crippen molar-refractivity contribution < 1.29 is 5.11 Å². The Hall–Kier alpha value is -0.660. The second-order valence-electron chi connectivity index (χ2n) is 3.88. The Labute approximate surface area is 124 Å². The number of aromatic nitrogens is 3. The van der Waals surface area contributed by atoms with E-state index in [4.69, 9.17) is 11.6 Å². The number of aliphatic hydroxyl groups excluding tert-OH is 1. The van der Waals surface area contributed by atoms with Crippen LogP contribution in [0.3, 0.4) is 0 Å². The highest BCUT2D eigenvalue weighted by Gasteiger charge is 2.15. The van der Waals surface area contributed by atoms with E-state index in [0.29, 0.717) is 11.4 Å². The molecule has 4 nitrogen and oxygen atoms in total. The molecule has 1 heterocycles. The van der Waals surface area contributed by atoms with Crippen LogP contribution in [0.15, 0.2) is 24.5 Å². The molecular formula is C12H13ClIN3O. The first kappa shape index (κ1) is 13.8. The Morgan fingerprint density at radius 1 is 1.50 bits per heavy atom. The molecule has 0 aliphatic heterocycles. The van der Waals surface area contributed by atoms with E-state index in [9.17, 15) is 5.11 Å². The van der Waals surface area contributed by atoms with Crippen LogP contribution in [0.1, 0.15) is 24.4 Å². The monoisotopic (exact) mass is 377 g/mol. The minimum Gasteiger partial charge on any atom is -0.388 e. The Balaban J connectivity index is 2.21. The molecule has 18 heavy (non-hydrogen) atoms. The van der Waals surface area contributed by atoms with Crippen molar-refractivity contribution >= 4 is 34.2 Å². The lowest BCUT2D eigenvalue weighted by molar-refractivity contribution is 0.173. The maximum Gasteiger partial charge on any atom is 0.138 e. The van der Waals surface area contributed by atoms with Crippen LogP contribution < -0.4 is 0 Å². The predicted molar refractivity (Wildman–Crippen MR) is 78.5 cm³/mol. The molecule has 0 aliphatic rings. The molecular weight excluding hydrogens is 365 g/mol. The summed E-state index contributed by atoms with van der Waals surface area (Å²) >= 11 is 8.14. The SMILES string of the molecule is CCn1ncnc1CC(O)c1cc(Cl)ccc1I. The van der Waals surface area contributed by atoms with Gasteiger partial charge in [-0.3, -0.25) is 4.68 Å². The molecule has 1 aromatic heterocycles. The lowest BCUT2D eigenvalue weighted by Gasteiger charge is -2.13. The maximum atomic E-state index is 10.3. The van der Waals surface area contributed by atoms with Crippen LogP contribution in [0.25, 0.3) is 0 Å². The molecule has 96 valence electrons. The van der Waals surface area contributed by atoms with Gasteiger partial charge in [-0.1, -0.05) is 11.6 Å². The number of aliphatic hydroxyl groups is 1. The highest BCUT2D eigenvalue weighted by molar-refractivity contribution is 14.1. The van der Waals surface area contributed by atoms with Crippen LogP contribution in [-0.2, 0) is 13.0 Å². The first-order valence-electron chi connectivity index (χ1n) is 5.61. The van der Waals surface area contributed by atoms with E-state index in [2.05, 4.69) is 32.7 Å². The third-order valence-corrected chi connectivity index (χ3v) is 3.91. The number of rotatable bonds is 4. The molecule has 6 heteroatoms. The summed E-state index contributed by atoms with van der Waals surface area (Å²) in [6.45, 7) is 2.74. The fraction of sp³-hybridized carbons (Fsp3) is 0.333. The van der Waals surface area contributed by atoms with Gasteiger partial charge < -0.3 is 5.11 Å². The van der Waals surface area contributed by atoms with Crippen molar-refractivity contribution in [3.05, 3.63) is 44.5 Å². The third kappa shape index (κ3) is 3.02. The predicted octanol–water partition coefficient (Wildman–Crippen LogP) is 2.83. The highest BCUT2D eigenvalue weighted by atomic mass is 127. The minimum atomic E-state index is -0.620. The molecule has 0 aliphatic carbocycles.